The maximum Gasteiger partial charge on any atom is 0.222 e. The molecule has 1 aliphatic rings. The van der Waals surface area contributed by atoms with Gasteiger partial charge in [0.25, 0.3) is 0 Å². The van der Waals surface area contributed by atoms with Gasteiger partial charge in [0.2, 0.25) is 5.91 Å². The minimum absolute atomic E-state index is 0.0485. The van der Waals surface area contributed by atoms with Gasteiger partial charge in [0.1, 0.15) is 0 Å². The molecule has 4 nitrogen and oxygen atoms in total. The molecule has 1 heterocycles. The van der Waals surface area contributed by atoms with Crippen molar-refractivity contribution >= 4 is 5.91 Å². The summed E-state index contributed by atoms with van der Waals surface area (Å²) in [7, 11) is 0. The predicted molar refractivity (Wildman–Crippen MR) is 73.6 cm³/mol. The Kier molecular flexibility index (Phi) is 6.09. The van der Waals surface area contributed by atoms with Gasteiger partial charge in [-0.2, -0.15) is 0 Å². The average Bonchev–Trinajstić information content (AvgIpc) is 2.44. The number of ether oxygens (including phenoxy) is 1. The van der Waals surface area contributed by atoms with Crippen LogP contribution < -0.4 is 5.32 Å². The van der Waals surface area contributed by atoms with Crippen LogP contribution in [0.25, 0.3) is 0 Å². The molecule has 1 saturated heterocycles. The lowest BCUT2D eigenvalue weighted by Crippen LogP contribution is -2.57. The van der Waals surface area contributed by atoms with Crippen LogP contribution in [0.4, 0.5) is 0 Å². The van der Waals surface area contributed by atoms with Gasteiger partial charge in [-0.1, -0.05) is 20.8 Å². The van der Waals surface area contributed by atoms with Crippen molar-refractivity contribution in [3.05, 3.63) is 0 Å². The third-order valence-corrected chi connectivity index (χ3v) is 4.24. The minimum atomic E-state index is 0.0485. The fraction of sp³-hybridized carbons (Fsp3) is 0.929. The molecule has 2 atom stereocenters. The lowest BCUT2D eigenvalue weighted by atomic mass is 9.95. The molecule has 0 aromatic carbocycles. The highest BCUT2D eigenvalue weighted by atomic mass is 16.5. The van der Waals surface area contributed by atoms with Crippen LogP contribution in [-0.4, -0.2) is 49.2 Å². The Morgan fingerprint density at radius 1 is 1.39 bits per heavy atom. The first-order chi connectivity index (χ1) is 8.53. The summed E-state index contributed by atoms with van der Waals surface area (Å²) in [5.41, 5.74) is 0.0485. The minimum Gasteiger partial charge on any atom is -0.379 e. The van der Waals surface area contributed by atoms with E-state index in [-0.39, 0.29) is 17.4 Å². The average molecular weight is 256 g/mol. The monoisotopic (exact) mass is 256 g/mol. The van der Waals surface area contributed by atoms with Gasteiger partial charge >= 0.3 is 0 Å². The second-order valence-corrected chi connectivity index (χ2v) is 5.48. The lowest BCUT2D eigenvalue weighted by molar-refractivity contribution is -0.125. The van der Waals surface area contributed by atoms with Crippen LogP contribution in [0.1, 0.15) is 40.5 Å². The van der Waals surface area contributed by atoms with Gasteiger partial charge in [0.15, 0.2) is 0 Å². The topological polar surface area (TPSA) is 41.6 Å². The summed E-state index contributed by atoms with van der Waals surface area (Å²) in [4.78, 5) is 14.3. The Morgan fingerprint density at radius 2 is 2.00 bits per heavy atom. The smallest absolute Gasteiger partial charge is 0.222 e. The van der Waals surface area contributed by atoms with E-state index in [2.05, 4.69) is 24.1 Å². The summed E-state index contributed by atoms with van der Waals surface area (Å²) in [6, 6.07) is 0. The van der Waals surface area contributed by atoms with E-state index in [0.717, 1.165) is 45.7 Å². The van der Waals surface area contributed by atoms with Crippen molar-refractivity contribution in [1.82, 2.24) is 10.2 Å². The molecule has 1 fully saturated rings. The highest BCUT2D eigenvalue weighted by Crippen LogP contribution is 2.20. The molecule has 0 aliphatic carbocycles. The molecular weight excluding hydrogens is 228 g/mol. The van der Waals surface area contributed by atoms with Gasteiger partial charge in [-0.3, -0.25) is 9.69 Å². The molecule has 0 saturated carbocycles. The molecule has 1 rings (SSSR count). The zero-order valence-corrected chi connectivity index (χ0v) is 12.3. The van der Waals surface area contributed by atoms with E-state index >= 15 is 0 Å². The fourth-order valence-corrected chi connectivity index (χ4v) is 2.20. The molecule has 106 valence electrons. The third kappa shape index (κ3) is 3.95. The van der Waals surface area contributed by atoms with Gasteiger partial charge in [-0.15, -0.1) is 0 Å². The van der Waals surface area contributed by atoms with Crippen LogP contribution in [-0.2, 0) is 9.53 Å². The van der Waals surface area contributed by atoms with E-state index in [1.54, 1.807) is 0 Å². The number of rotatable bonds is 6. The van der Waals surface area contributed by atoms with Gasteiger partial charge in [-0.05, 0) is 19.8 Å². The van der Waals surface area contributed by atoms with Crippen LogP contribution >= 0.6 is 0 Å². The maximum atomic E-state index is 11.9. The van der Waals surface area contributed by atoms with Crippen LogP contribution in [0.5, 0.6) is 0 Å². The van der Waals surface area contributed by atoms with E-state index in [1.807, 2.05) is 13.8 Å². The number of hydrogen-bond donors (Lipinski definition) is 1. The molecule has 0 aromatic rings. The number of hydrogen-bond acceptors (Lipinski definition) is 3. The predicted octanol–water partition coefficient (Wildman–Crippen LogP) is 1.65. The molecule has 0 radical (unpaired) electrons. The Hall–Kier alpha value is -0.610. The first-order valence-corrected chi connectivity index (χ1v) is 7.14. The van der Waals surface area contributed by atoms with Crippen LogP contribution in [0, 0.1) is 5.92 Å². The zero-order valence-electron chi connectivity index (χ0n) is 12.3. The molecule has 0 spiro atoms. The number of amides is 1. The van der Waals surface area contributed by atoms with Crippen LogP contribution in [0.15, 0.2) is 0 Å². The van der Waals surface area contributed by atoms with Crippen molar-refractivity contribution < 1.29 is 9.53 Å². The number of nitrogens with one attached hydrogen (secondary N) is 1. The SMILES string of the molecule is CC[C@H](C)C(=O)NC[C@](C)(CC)N1CCOCC1. The van der Waals surface area contributed by atoms with Crippen molar-refractivity contribution in [2.75, 3.05) is 32.8 Å². The summed E-state index contributed by atoms with van der Waals surface area (Å²) >= 11 is 0. The van der Waals surface area contributed by atoms with Crippen LogP contribution in [0.2, 0.25) is 0 Å². The van der Waals surface area contributed by atoms with E-state index in [4.69, 9.17) is 4.74 Å². The van der Waals surface area contributed by atoms with E-state index in [1.165, 1.54) is 0 Å². The van der Waals surface area contributed by atoms with E-state index in [9.17, 15) is 4.79 Å². The molecule has 0 bridgehead atoms. The van der Waals surface area contributed by atoms with Crippen molar-refractivity contribution in [1.29, 1.82) is 0 Å². The van der Waals surface area contributed by atoms with Crippen LogP contribution in [0.3, 0.4) is 0 Å². The van der Waals surface area contributed by atoms with E-state index in [0.29, 0.717) is 0 Å². The summed E-state index contributed by atoms with van der Waals surface area (Å²) in [6.07, 6.45) is 1.93. The summed E-state index contributed by atoms with van der Waals surface area (Å²) < 4.78 is 5.39. The molecule has 1 N–H and O–H groups in total. The summed E-state index contributed by atoms with van der Waals surface area (Å²) in [6.45, 7) is 12.7. The third-order valence-electron chi connectivity index (χ3n) is 4.24. The van der Waals surface area contributed by atoms with Crippen molar-refractivity contribution in [3.63, 3.8) is 0 Å². The van der Waals surface area contributed by atoms with Crippen molar-refractivity contribution in [3.8, 4) is 0 Å². The molecule has 0 unspecified atom stereocenters. The highest BCUT2D eigenvalue weighted by molar-refractivity contribution is 5.78. The highest BCUT2D eigenvalue weighted by Gasteiger charge is 2.31. The Labute approximate surface area is 111 Å². The fourth-order valence-electron chi connectivity index (χ4n) is 2.20. The number of morpholine rings is 1. The van der Waals surface area contributed by atoms with Gasteiger partial charge in [-0.25, -0.2) is 0 Å². The molecular formula is C14H28N2O2. The summed E-state index contributed by atoms with van der Waals surface area (Å²) in [5.74, 6) is 0.279. The largest absolute Gasteiger partial charge is 0.379 e. The number of carbonyl (C=O) groups excluding carboxylic acids is 1. The standard InChI is InChI=1S/C14H28N2O2/c1-5-12(3)13(17)15-11-14(4,6-2)16-7-9-18-10-8-16/h12H,5-11H2,1-4H3,(H,15,17)/t12-,14-/m0/s1. The molecule has 4 heteroatoms. The van der Waals surface area contributed by atoms with E-state index < -0.39 is 0 Å². The van der Waals surface area contributed by atoms with Gasteiger partial charge < -0.3 is 10.1 Å². The molecule has 1 aliphatic heterocycles. The second kappa shape index (κ2) is 7.10. The molecule has 18 heavy (non-hydrogen) atoms. The number of nitrogens with zero attached hydrogens (tertiary/aromatic N) is 1. The maximum absolute atomic E-state index is 11.9. The van der Waals surface area contributed by atoms with Gasteiger partial charge in [0.05, 0.1) is 13.2 Å². The second-order valence-electron chi connectivity index (χ2n) is 5.48. The quantitative estimate of drug-likeness (QED) is 0.785. The Bertz CT molecular complexity index is 265. The Balaban J connectivity index is 2.51. The van der Waals surface area contributed by atoms with Gasteiger partial charge in [0, 0.05) is 31.1 Å². The number of carbonyl (C=O) groups is 1. The Morgan fingerprint density at radius 3 is 2.50 bits per heavy atom. The normalized spacial score (nSPS) is 22.2. The summed E-state index contributed by atoms with van der Waals surface area (Å²) in [5, 5.41) is 3.10. The first-order valence-electron chi connectivity index (χ1n) is 7.14. The van der Waals surface area contributed by atoms with Crippen molar-refractivity contribution in [2.24, 2.45) is 5.92 Å². The molecule has 0 aromatic heterocycles. The lowest BCUT2D eigenvalue weighted by Gasteiger charge is -2.43. The first kappa shape index (κ1) is 15.4. The molecule has 1 amide bonds. The van der Waals surface area contributed by atoms with Crippen molar-refractivity contribution in [2.45, 2.75) is 46.1 Å². The zero-order chi connectivity index (χ0) is 13.6.